The second-order valence-corrected chi connectivity index (χ2v) is 5.67. The van der Waals surface area contributed by atoms with E-state index in [1.807, 2.05) is 0 Å². The quantitative estimate of drug-likeness (QED) is 0.666. The summed E-state index contributed by atoms with van der Waals surface area (Å²) in [6.07, 6.45) is 2.76. The van der Waals surface area contributed by atoms with E-state index in [0.717, 1.165) is 0 Å². The molecule has 2 aromatic rings. The number of amides is 1. The number of para-hydroxylation sites is 1. The number of anilines is 1. The number of nitrogens with one attached hydrogen (secondary N) is 1. The molecule has 1 amide bonds. The molecule has 1 N–H and O–H groups in total. The standard InChI is InChI=1S/C17H14N4O5/c1-19-15(9-8-11-4-3-7-14(16(11)19)21(25)26)18-17(22)12-5-2-6-13(10-12)20(23)24/h2-10,15H,1H3,(H,18,22). The van der Waals surface area contributed by atoms with Gasteiger partial charge in [-0.2, -0.15) is 0 Å². The summed E-state index contributed by atoms with van der Waals surface area (Å²) < 4.78 is 0. The van der Waals surface area contributed by atoms with Crippen molar-refractivity contribution in [3.8, 4) is 0 Å². The van der Waals surface area contributed by atoms with Crippen LogP contribution in [-0.4, -0.2) is 29.0 Å². The summed E-state index contributed by atoms with van der Waals surface area (Å²) in [6, 6.07) is 10.1. The molecule has 1 aliphatic rings. The molecular weight excluding hydrogens is 340 g/mol. The van der Waals surface area contributed by atoms with Gasteiger partial charge in [0.2, 0.25) is 0 Å². The molecule has 2 aromatic carbocycles. The average Bonchev–Trinajstić information content (AvgIpc) is 2.63. The first kappa shape index (κ1) is 17.1. The predicted octanol–water partition coefficient (Wildman–Crippen LogP) is 2.72. The Kier molecular flexibility index (Phi) is 4.36. The molecular formula is C17H14N4O5. The van der Waals surface area contributed by atoms with Gasteiger partial charge in [0.15, 0.2) is 0 Å². The number of carbonyl (C=O) groups is 1. The first-order chi connectivity index (χ1) is 12.4. The van der Waals surface area contributed by atoms with E-state index in [4.69, 9.17) is 0 Å². The Labute approximate surface area is 147 Å². The number of fused-ring (bicyclic) bond motifs is 1. The molecule has 0 aliphatic carbocycles. The molecule has 0 fully saturated rings. The van der Waals surface area contributed by atoms with E-state index in [2.05, 4.69) is 5.32 Å². The van der Waals surface area contributed by atoms with Gasteiger partial charge in [0.25, 0.3) is 17.3 Å². The number of nitrogens with zero attached hydrogens (tertiary/aromatic N) is 3. The lowest BCUT2D eigenvalue weighted by Crippen LogP contribution is -2.46. The number of nitro groups is 2. The highest BCUT2D eigenvalue weighted by Crippen LogP contribution is 2.35. The largest absolute Gasteiger partial charge is 0.345 e. The molecule has 9 heteroatoms. The minimum atomic E-state index is -0.629. The molecule has 132 valence electrons. The van der Waals surface area contributed by atoms with Crippen LogP contribution in [0.1, 0.15) is 15.9 Å². The molecule has 0 bridgehead atoms. The van der Waals surface area contributed by atoms with Crippen LogP contribution in [0.5, 0.6) is 0 Å². The Morgan fingerprint density at radius 2 is 1.85 bits per heavy atom. The fourth-order valence-corrected chi connectivity index (χ4v) is 2.80. The van der Waals surface area contributed by atoms with E-state index in [1.165, 1.54) is 30.3 Å². The lowest BCUT2D eigenvalue weighted by atomic mass is 10.0. The van der Waals surface area contributed by atoms with Gasteiger partial charge in [-0.15, -0.1) is 0 Å². The average molecular weight is 354 g/mol. The Hall–Kier alpha value is -3.75. The van der Waals surface area contributed by atoms with Crippen molar-refractivity contribution in [2.24, 2.45) is 0 Å². The smallest absolute Gasteiger partial charge is 0.293 e. The van der Waals surface area contributed by atoms with Crippen molar-refractivity contribution in [3.63, 3.8) is 0 Å². The normalized spacial score (nSPS) is 15.3. The van der Waals surface area contributed by atoms with E-state index >= 15 is 0 Å². The monoisotopic (exact) mass is 354 g/mol. The number of non-ortho nitro benzene ring substituents is 1. The molecule has 26 heavy (non-hydrogen) atoms. The Morgan fingerprint density at radius 1 is 1.12 bits per heavy atom. The molecule has 3 rings (SSSR count). The van der Waals surface area contributed by atoms with Crippen molar-refractivity contribution in [1.82, 2.24) is 5.32 Å². The fraction of sp³-hybridized carbons (Fsp3) is 0.118. The first-order valence-electron chi connectivity index (χ1n) is 7.62. The summed E-state index contributed by atoms with van der Waals surface area (Å²) in [6.45, 7) is 0. The van der Waals surface area contributed by atoms with Crippen LogP contribution in [-0.2, 0) is 0 Å². The maximum atomic E-state index is 12.4. The van der Waals surface area contributed by atoms with Crippen molar-refractivity contribution in [3.05, 3.63) is 79.9 Å². The Balaban J connectivity index is 1.86. The first-order valence-corrected chi connectivity index (χ1v) is 7.62. The summed E-state index contributed by atoms with van der Waals surface area (Å²) in [5, 5.41) is 24.8. The molecule has 0 aromatic heterocycles. The Morgan fingerprint density at radius 3 is 2.54 bits per heavy atom. The molecule has 0 radical (unpaired) electrons. The zero-order chi connectivity index (χ0) is 18.8. The number of nitro benzene ring substituents is 2. The number of rotatable bonds is 4. The van der Waals surface area contributed by atoms with Crippen LogP contribution >= 0.6 is 0 Å². The highest BCUT2D eigenvalue weighted by molar-refractivity contribution is 5.95. The van der Waals surface area contributed by atoms with Crippen LogP contribution < -0.4 is 10.2 Å². The highest BCUT2D eigenvalue weighted by Gasteiger charge is 2.28. The summed E-state index contributed by atoms with van der Waals surface area (Å²) >= 11 is 0. The third-order valence-corrected chi connectivity index (χ3v) is 4.07. The number of hydrogen-bond donors (Lipinski definition) is 1. The van der Waals surface area contributed by atoms with Gasteiger partial charge < -0.3 is 10.2 Å². The van der Waals surface area contributed by atoms with E-state index in [9.17, 15) is 25.0 Å². The zero-order valence-electron chi connectivity index (χ0n) is 13.7. The third-order valence-electron chi connectivity index (χ3n) is 4.07. The van der Waals surface area contributed by atoms with Gasteiger partial charge in [-0.05, 0) is 12.1 Å². The van der Waals surface area contributed by atoms with Crippen LogP contribution in [0.25, 0.3) is 6.08 Å². The van der Waals surface area contributed by atoms with E-state index in [0.29, 0.717) is 11.3 Å². The van der Waals surface area contributed by atoms with Crippen LogP contribution in [0.2, 0.25) is 0 Å². The van der Waals surface area contributed by atoms with Crippen molar-refractivity contribution in [1.29, 1.82) is 0 Å². The van der Waals surface area contributed by atoms with E-state index < -0.39 is 21.9 Å². The minimum absolute atomic E-state index is 0.0658. The molecule has 1 heterocycles. The molecule has 9 nitrogen and oxygen atoms in total. The maximum Gasteiger partial charge on any atom is 0.293 e. The highest BCUT2D eigenvalue weighted by atomic mass is 16.6. The lowest BCUT2D eigenvalue weighted by Gasteiger charge is -2.32. The molecule has 1 atom stereocenters. The van der Waals surface area contributed by atoms with Crippen molar-refractivity contribution in [2.45, 2.75) is 6.17 Å². The van der Waals surface area contributed by atoms with Crippen LogP contribution in [0.3, 0.4) is 0 Å². The van der Waals surface area contributed by atoms with Gasteiger partial charge in [0, 0.05) is 36.4 Å². The van der Waals surface area contributed by atoms with Crippen molar-refractivity contribution >= 4 is 29.0 Å². The number of carbonyl (C=O) groups excluding carboxylic acids is 1. The van der Waals surface area contributed by atoms with Crippen molar-refractivity contribution in [2.75, 3.05) is 11.9 Å². The SMILES string of the molecule is CN1c2c(cccc2[N+](=O)[O-])C=CC1NC(=O)c1cccc([N+](=O)[O-])c1. The third kappa shape index (κ3) is 3.09. The summed E-state index contributed by atoms with van der Waals surface area (Å²) in [5.41, 5.74) is 0.941. The summed E-state index contributed by atoms with van der Waals surface area (Å²) in [5.74, 6) is -0.516. The van der Waals surface area contributed by atoms with Gasteiger partial charge >= 0.3 is 0 Å². The summed E-state index contributed by atoms with van der Waals surface area (Å²) in [7, 11) is 1.63. The van der Waals surface area contributed by atoms with E-state index in [-0.39, 0.29) is 16.9 Å². The van der Waals surface area contributed by atoms with Gasteiger partial charge in [-0.25, -0.2) is 0 Å². The lowest BCUT2D eigenvalue weighted by molar-refractivity contribution is -0.384. The van der Waals surface area contributed by atoms with Gasteiger partial charge in [0.05, 0.1) is 9.85 Å². The second kappa shape index (κ2) is 6.63. The van der Waals surface area contributed by atoms with Gasteiger partial charge in [-0.3, -0.25) is 25.0 Å². The molecule has 1 aliphatic heterocycles. The molecule has 0 saturated carbocycles. The molecule has 0 saturated heterocycles. The van der Waals surface area contributed by atoms with Crippen LogP contribution in [0, 0.1) is 20.2 Å². The number of hydrogen-bond acceptors (Lipinski definition) is 6. The summed E-state index contributed by atoms with van der Waals surface area (Å²) in [4.78, 5) is 35.1. The van der Waals surface area contributed by atoms with Crippen LogP contribution in [0.4, 0.5) is 17.1 Å². The zero-order valence-corrected chi connectivity index (χ0v) is 13.7. The van der Waals surface area contributed by atoms with Gasteiger partial charge in [0.1, 0.15) is 11.9 Å². The molecule has 1 unspecified atom stereocenters. The second-order valence-electron chi connectivity index (χ2n) is 5.67. The Bertz CT molecular complexity index is 941. The minimum Gasteiger partial charge on any atom is -0.345 e. The topological polar surface area (TPSA) is 119 Å². The van der Waals surface area contributed by atoms with Crippen molar-refractivity contribution < 1.29 is 14.6 Å². The number of likely N-dealkylation sites (N-methyl/N-ethyl adjacent to an activating group) is 1. The van der Waals surface area contributed by atoms with Gasteiger partial charge in [-0.1, -0.05) is 24.3 Å². The number of benzene rings is 2. The fourth-order valence-electron chi connectivity index (χ4n) is 2.80. The van der Waals surface area contributed by atoms with Crippen LogP contribution in [0.15, 0.2) is 48.5 Å². The molecule has 0 spiro atoms. The maximum absolute atomic E-state index is 12.4. The van der Waals surface area contributed by atoms with E-state index in [1.54, 1.807) is 36.2 Å². The predicted molar refractivity (Wildman–Crippen MR) is 94.9 cm³/mol.